The minimum absolute atomic E-state index is 0.0315. The molecule has 1 aromatic heterocycles. The van der Waals surface area contributed by atoms with Crippen LogP contribution in [0.5, 0.6) is 0 Å². The number of aryl methyl sites for hydroxylation is 2. The number of quaternary nitrogens is 1. The summed E-state index contributed by atoms with van der Waals surface area (Å²) in [5.41, 5.74) is 8.28. The number of hydrogen-bond donors (Lipinski definition) is 0. The first-order valence-corrected chi connectivity index (χ1v) is 11.1. The zero-order valence-electron chi connectivity index (χ0n) is 18.2. The molecule has 158 valence electrons. The van der Waals surface area contributed by atoms with Gasteiger partial charge in [-0.05, 0) is 58.2 Å². The molecule has 1 aromatic carbocycles. The first kappa shape index (κ1) is 21.2. The maximum Gasteiger partial charge on any atom is 0.310 e. The normalized spacial score (nSPS) is 21.7. The van der Waals surface area contributed by atoms with E-state index < -0.39 is 4.65 Å². The van der Waals surface area contributed by atoms with Gasteiger partial charge < -0.3 is 5.21 Å². The molecule has 0 N–H and O–H groups in total. The first-order chi connectivity index (χ1) is 14.1. The highest BCUT2D eigenvalue weighted by Crippen LogP contribution is 2.40. The lowest BCUT2D eigenvalue weighted by Crippen LogP contribution is -2.50. The Hall–Kier alpha value is -2.01. The number of nitrogens with zero attached hydrogens (tertiary/aromatic N) is 2. The molecule has 30 heavy (non-hydrogen) atoms. The molecule has 2 aliphatic rings. The first-order valence-electron chi connectivity index (χ1n) is 10.7. The summed E-state index contributed by atoms with van der Waals surface area (Å²) < 4.78 is -0.729. The van der Waals surface area contributed by atoms with Crippen LogP contribution in [-0.2, 0) is 23.1 Å². The summed E-state index contributed by atoms with van der Waals surface area (Å²) >= 11 is 6.32. The Labute approximate surface area is 183 Å². The van der Waals surface area contributed by atoms with Gasteiger partial charge in [0.15, 0.2) is 0 Å². The lowest BCUT2D eigenvalue weighted by Gasteiger charge is -2.43. The third kappa shape index (κ3) is 3.84. The number of carbonyl (C=O) groups is 1. The van der Waals surface area contributed by atoms with E-state index in [1.807, 2.05) is 12.3 Å². The van der Waals surface area contributed by atoms with E-state index in [-0.39, 0.29) is 11.3 Å². The number of piperidine rings is 1. The molecule has 1 aliphatic heterocycles. The van der Waals surface area contributed by atoms with Crippen LogP contribution in [0.3, 0.4) is 0 Å². The number of amides is 1. The average Bonchev–Trinajstić information content (AvgIpc) is 2.84. The summed E-state index contributed by atoms with van der Waals surface area (Å²) in [4.78, 5) is 16.8. The van der Waals surface area contributed by atoms with Gasteiger partial charge in [0.25, 0.3) is 0 Å². The monoisotopic (exact) mass is 424 g/mol. The Morgan fingerprint density at radius 3 is 2.37 bits per heavy atom. The maximum absolute atomic E-state index is 12.7. The minimum atomic E-state index is -0.729. The zero-order chi connectivity index (χ0) is 21.7. The predicted octanol–water partition coefficient (Wildman–Crippen LogP) is 5.59. The highest BCUT2D eigenvalue weighted by molar-refractivity contribution is 6.30. The molecule has 1 saturated heterocycles. The zero-order valence-corrected chi connectivity index (χ0v) is 19.0. The van der Waals surface area contributed by atoms with Crippen molar-refractivity contribution >= 4 is 23.1 Å². The van der Waals surface area contributed by atoms with Crippen LogP contribution in [0.4, 0.5) is 0 Å². The van der Waals surface area contributed by atoms with Gasteiger partial charge in [-0.2, -0.15) is 0 Å². The smallest absolute Gasteiger partial charge is 0.310 e. The van der Waals surface area contributed by atoms with Crippen LogP contribution >= 0.6 is 11.6 Å². The maximum atomic E-state index is 12.7. The number of aromatic nitrogens is 1. The molecule has 0 saturated carbocycles. The van der Waals surface area contributed by atoms with Crippen molar-refractivity contribution in [2.45, 2.75) is 58.8 Å². The molecule has 5 heteroatoms. The Bertz CT molecular complexity index is 1040. The second-order valence-corrected chi connectivity index (χ2v) is 10.1. The van der Waals surface area contributed by atoms with E-state index in [0.29, 0.717) is 25.9 Å². The number of fused-ring (bicyclic) bond motifs is 2. The van der Waals surface area contributed by atoms with Crippen molar-refractivity contribution in [1.82, 2.24) is 4.98 Å². The number of rotatable bonds is 0. The van der Waals surface area contributed by atoms with Crippen molar-refractivity contribution < 1.29 is 9.44 Å². The van der Waals surface area contributed by atoms with Gasteiger partial charge in [0.1, 0.15) is 0 Å². The van der Waals surface area contributed by atoms with Crippen LogP contribution in [-0.4, -0.2) is 28.6 Å². The van der Waals surface area contributed by atoms with Crippen LogP contribution in [0.2, 0.25) is 5.02 Å². The summed E-state index contributed by atoms with van der Waals surface area (Å²) in [6.45, 7) is 8.61. The lowest BCUT2D eigenvalue weighted by molar-refractivity contribution is -0.806. The Kier molecular flexibility index (Phi) is 5.38. The highest BCUT2D eigenvalue weighted by Gasteiger charge is 2.32. The number of pyridine rings is 1. The molecule has 4 rings (SSSR count). The standard InChI is InChI=1S/C25H29ClN2O2/c1-16(29)28(30)11-9-17(10-12-28)23-22-8-7-21(26)14-18(22)5-6-19-13-20(25(2,3)4)15-27-24(19)23/h7-8,13-15H,5-6,9-12H2,1-4H3. The SMILES string of the molecule is CC(=O)[N+]1([O-])CCC(=C2c3ccc(Cl)cc3CCc3cc(C(C)(C)C)cnc32)CC1. The molecule has 1 fully saturated rings. The third-order valence-electron chi connectivity index (χ3n) is 6.55. The summed E-state index contributed by atoms with van der Waals surface area (Å²) in [5.74, 6) is -0.305. The molecule has 0 atom stereocenters. The van der Waals surface area contributed by atoms with E-state index in [1.165, 1.54) is 29.2 Å². The van der Waals surface area contributed by atoms with Gasteiger partial charge in [-0.1, -0.05) is 44.5 Å². The van der Waals surface area contributed by atoms with E-state index in [2.05, 4.69) is 39.0 Å². The van der Waals surface area contributed by atoms with Crippen LogP contribution < -0.4 is 0 Å². The van der Waals surface area contributed by atoms with Gasteiger partial charge in [-0.25, -0.2) is 4.79 Å². The van der Waals surface area contributed by atoms with E-state index >= 15 is 0 Å². The summed E-state index contributed by atoms with van der Waals surface area (Å²) in [7, 11) is 0. The Morgan fingerprint density at radius 2 is 1.73 bits per heavy atom. The summed E-state index contributed by atoms with van der Waals surface area (Å²) in [6, 6.07) is 8.37. The molecule has 0 radical (unpaired) electrons. The molecule has 0 unspecified atom stereocenters. The molecular formula is C25H29ClN2O2. The second-order valence-electron chi connectivity index (χ2n) is 9.62. The number of benzene rings is 1. The van der Waals surface area contributed by atoms with Crippen molar-refractivity contribution in [3.63, 3.8) is 0 Å². The number of carbonyl (C=O) groups excluding carboxylic acids is 1. The molecule has 2 aromatic rings. The molecule has 0 bridgehead atoms. The van der Waals surface area contributed by atoms with Crippen molar-refractivity contribution in [3.05, 3.63) is 74.2 Å². The van der Waals surface area contributed by atoms with Gasteiger partial charge in [-0.15, -0.1) is 0 Å². The molecule has 4 nitrogen and oxygen atoms in total. The fraction of sp³-hybridized carbons (Fsp3) is 0.440. The Morgan fingerprint density at radius 1 is 1.07 bits per heavy atom. The molecule has 2 heterocycles. The van der Waals surface area contributed by atoms with Crippen LogP contribution in [0.15, 0.2) is 36.0 Å². The Balaban J connectivity index is 1.88. The van der Waals surface area contributed by atoms with Crippen molar-refractivity contribution in [2.75, 3.05) is 13.1 Å². The van der Waals surface area contributed by atoms with Crippen LogP contribution in [0, 0.1) is 5.21 Å². The van der Waals surface area contributed by atoms with Crippen LogP contribution in [0.25, 0.3) is 5.57 Å². The average molecular weight is 425 g/mol. The predicted molar refractivity (Wildman–Crippen MR) is 121 cm³/mol. The van der Waals surface area contributed by atoms with E-state index in [0.717, 1.165) is 34.7 Å². The summed E-state index contributed by atoms with van der Waals surface area (Å²) in [6.07, 6.45) is 5.03. The van der Waals surface area contributed by atoms with E-state index in [1.54, 1.807) is 0 Å². The number of hydroxylamine groups is 3. The van der Waals surface area contributed by atoms with E-state index in [9.17, 15) is 10.0 Å². The molecule has 0 spiro atoms. The molecular weight excluding hydrogens is 396 g/mol. The number of hydrogen-bond acceptors (Lipinski definition) is 3. The topological polar surface area (TPSA) is 53.0 Å². The fourth-order valence-electron chi connectivity index (χ4n) is 4.54. The van der Waals surface area contributed by atoms with E-state index in [4.69, 9.17) is 16.6 Å². The fourth-order valence-corrected chi connectivity index (χ4v) is 4.73. The lowest BCUT2D eigenvalue weighted by atomic mass is 9.85. The largest absolute Gasteiger partial charge is 0.625 e. The van der Waals surface area contributed by atoms with Crippen molar-refractivity contribution in [2.24, 2.45) is 0 Å². The van der Waals surface area contributed by atoms with Gasteiger partial charge in [0, 0.05) is 29.6 Å². The van der Waals surface area contributed by atoms with Gasteiger partial charge in [0.05, 0.1) is 25.7 Å². The number of likely N-dealkylation sites (tertiary alicyclic amines) is 1. The third-order valence-corrected chi connectivity index (χ3v) is 6.78. The van der Waals surface area contributed by atoms with Crippen molar-refractivity contribution in [3.8, 4) is 0 Å². The second kappa shape index (κ2) is 7.60. The molecule has 1 aliphatic carbocycles. The van der Waals surface area contributed by atoms with Gasteiger partial charge in [0.2, 0.25) is 0 Å². The van der Waals surface area contributed by atoms with Gasteiger partial charge in [-0.3, -0.25) is 9.63 Å². The molecule has 1 amide bonds. The van der Waals surface area contributed by atoms with Crippen LogP contribution in [0.1, 0.15) is 68.5 Å². The van der Waals surface area contributed by atoms with Crippen molar-refractivity contribution in [1.29, 1.82) is 0 Å². The quantitative estimate of drug-likeness (QED) is 0.409. The number of halogens is 1. The highest BCUT2D eigenvalue weighted by atomic mass is 35.5. The van der Waals surface area contributed by atoms with Gasteiger partial charge >= 0.3 is 5.91 Å². The minimum Gasteiger partial charge on any atom is -0.625 e. The summed E-state index contributed by atoms with van der Waals surface area (Å²) in [5, 5.41) is 13.5.